The van der Waals surface area contributed by atoms with E-state index in [0.717, 1.165) is 16.5 Å². The van der Waals surface area contributed by atoms with E-state index in [1.807, 2.05) is 19.9 Å². The Balaban J connectivity index is 2.04. The van der Waals surface area contributed by atoms with Gasteiger partial charge in [0.2, 0.25) is 5.43 Å². The van der Waals surface area contributed by atoms with Crippen molar-refractivity contribution in [3.05, 3.63) is 70.3 Å². The summed E-state index contributed by atoms with van der Waals surface area (Å²) in [5.74, 6) is -1.12. The predicted octanol–water partition coefficient (Wildman–Crippen LogP) is 3.30. The number of pyridine rings is 2. The van der Waals surface area contributed by atoms with E-state index >= 15 is 0 Å². The van der Waals surface area contributed by atoms with E-state index < -0.39 is 23.0 Å². The smallest absolute Gasteiger partial charge is 0.341 e. The van der Waals surface area contributed by atoms with Gasteiger partial charge in [0, 0.05) is 17.3 Å². The van der Waals surface area contributed by atoms with Gasteiger partial charge in [0.05, 0.1) is 17.4 Å². The minimum absolute atomic E-state index is 0.163. The summed E-state index contributed by atoms with van der Waals surface area (Å²) in [6.07, 6.45) is 2.58. The van der Waals surface area contributed by atoms with Crippen LogP contribution in [0, 0.1) is 0 Å². The predicted molar refractivity (Wildman–Crippen MR) is 97.9 cm³/mol. The van der Waals surface area contributed by atoms with Crippen molar-refractivity contribution in [1.82, 2.24) is 9.55 Å². The van der Waals surface area contributed by atoms with Crippen LogP contribution >= 0.6 is 0 Å². The van der Waals surface area contributed by atoms with Crippen molar-refractivity contribution in [3.63, 3.8) is 0 Å². The molecule has 0 radical (unpaired) electrons. The SMILES string of the molecule is CC(C)c1ccc(NC(=O)n2cc(C(=O)O)c(=O)c3ccccc32)cn1. The van der Waals surface area contributed by atoms with E-state index in [1.54, 1.807) is 24.3 Å². The Morgan fingerprint density at radius 1 is 1.15 bits per heavy atom. The Kier molecular flexibility index (Phi) is 4.53. The van der Waals surface area contributed by atoms with Gasteiger partial charge in [-0.1, -0.05) is 26.0 Å². The van der Waals surface area contributed by atoms with Crippen LogP contribution in [0.15, 0.2) is 53.6 Å². The van der Waals surface area contributed by atoms with Gasteiger partial charge >= 0.3 is 12.0 Å². The number of hydrogen-bond acceptors (Lipinski definition) is 4. The molecule has 7 heteroatoms. The van der Waals surface area contributed by atoms with Gasteiger partial charge in [0.15, 0.2) is 0 Å². The molecular weight excluding hydrogens is 334 g/mol. The fraction of sp³-hybridized carbons (Fsp3) is 0.158. The summed E-state index contributed by atoms with van der Waals surface area (Å²) in [5.41, 5.74) is 0.600. The van der Waals surface area contributed by atoms with Crippen molar-refractivity contribution in [1.29, 1.82) is 0 Å². The first-order chi connectivity index (χ1) is 12.4. The van der Waals surface area contributed by atoms with Crippen molar-refractivity contribution in [2.75, 3.05) is 5.32 Å². The van der Waals surface area contributed by atoms with E-state index in [9.17, 15) is 19.5 Å². The summed E-state index contributed by atoms with van der Waals surface area (Å²) in [6.45, 7) is 4.03. The average molecular weight is 351 g/mol. The molecule has 2 heterocycles. The van der Waals surface area contributed by atoms with Gasteiger partial charge in [0.25, 0.3) is 0 Å². The fourth-order valence-corrected chi connectivity index (χ4v) is 2.60. The highest BCUT2D eigenvalue weighted by atomic mass is 16.4. The lowest BCUT2D eigenvalue weighted by atomic mass is 10.1. The van der Waals surface area contributed by atoms with E-state index in [2.05, 4.69) is 10.3 Å². The second-order valence-corrected chi connectivity index (χ2v) is 6.12. The molecule has 0 saturated heterocycles. The number of fused-ring (bicyclic) bond motifs is 1. The van der Waals surface area contributed by atoms with Crippen molar-refractivity contribution >= 4 is 28.6 Å². The van der Waals surface area contributed by atoms with E-state index in [-0.39, 0.29) is 11.3 Å². The van der Waals surface area contributed by atoms with Crippen LogP contribution in [0.4, 0.5) is 10.5 Å². The largest absolute Gasteiger partial charge is 0.477 e. The van der Waals surface area contributed by atoms with Gasteiger partial charge in [-0.25, -0.2) is 9.59 Å². The molecule has 0 aliphatic heterocycles. The second kappa shape index (κ2) is 6.79. The highest BCUT2D eigenvalue weighted by molar-refractivity contribution is 6.00. The monoisotopic (exact) mass is 351 g/mol. The molecule has 0 saturated carbocycles. The number of aromatic carboxylic acids is 1. The molecule has 2 aromatic heterocycles. The van der Waals surface area contributed by atoms with Gasteiger partial charge in [-0.15, -0.1) is 0 Å². The highest BCUT2D eigenvalue weighted by Crippen LogP contribution is 2.16. The van der Waals surface area contributed by atoms with Crippen LogP contribution in [0.25, 0.3) is 10.9 Å². The minimum Gasteiger partial charge on any atom is -0.477 e. The van der Waals surface area contributed by atoms with Crippen LogP contribution in [-0.2, 0) is 0 Å². The number of para-hydroxylation sites is 1. The zero-order chi connectivity index (χ0) is 18.8. The number of anilines is 1. The number of nitrogens with one attached hydrogen (secondary N) is 1. The topological polar surface area (TPSA) is 101 Å². The van der Waals surface area contributed by atoms with Crippen molar-refractivity contribution < 1.29 is 14.7 Å². The van der Waals surface area contributed by atoms with Gasteiger partial charge in [-0.2, -0.15) is 0 Å². The number of carbonyl (C=O) groups excluding carboxylic acids is 1. The maximum absolute atomic E-state index is 12.7. The fourth-order valence-electron chi connectivity index (χ4n) is 2.60. The summed E-state index contributed by atoms with van der Waals surface area (Å²) in [7, 11) is 0. The lowest BCUT2D eigenvalue weighted by molar-refractivity contribution is 0.0695. The first-order valence-corrected chi connectivity index (χ1v) is 8.03. The van der Waals surface area contributed by atoms with E-state index in [1.165, 1.54) is 12.3 Å². The Morgan fingerprint density at radius 3 is 2.50 bits per heavy atom. The lowest BCUT2D eigenvalue weighted by Gasteiger charge is -2.12. The number of aromatic nitrogens is 2. The molecule has 1 aromatic carbocycles. The van der Waals surface area contributed by atoms with Gasteiger partial charge in [-0.05, 0) is 30.2 Å². The Bertz CT molecular complexity index is 1050. The zero-order valence-electron chi connectivity index (χ0n) is 14.3. The highest BCUT2D eigenvalue weighted by Gasteiger charge is 2.17. The molecule has 132 valence electrons. The maximum atomic E-state index is 12.7. The summed E-state index contributed by atoms with van der Waals surface area (Å²) in [5, 5.41) is 12.1. The molecule has 1 amide bonds. The van der Waals surface area contributed by atoms with Crippen LogP contribution in [-0.4, -0.2) is 26.7 Å². The molecule has 0 aliphatic rings. The summed E-state index contributed by atoms with van der Waals surface area (Å²) in [4.78, 5) is 40.6. The number of hydrogen-bond donors (Lipinski definition) is 2. The molecule has 26 heavy (non-hydrogen) atoms. The van der Waals surface area contributed by atoms with Crippen molar-refractivity contribution in [2.24, 2.45) is 0 Å². The van der Waals surface area contributed by atoms with Crippen molar-refractivity contribution in [3.8, 4) is 0 Å². The number of carboxylic acid groups (broad SMARTS) is 1. The number of nitrogens with zero attached hydrogens (tertiary/aromatic N) is 2. The molecule has 0 fully saturated rings. The molecule has 3 aromatic rings. The average Bonchev–Trinajstić information content (AvgIpc) is 2.62. The molecule has 0 aliphatic carbocycles. The van der Waals surface area contributed by atoms with E-state index in [4.69, 9.17) is 0 Å². The van der Waals surface area contributed by atoms with Crippen LogP contribution in [0.3, 0.4) is 0 Å². The maximum Gasteiger partial charge on any atom is 0.341 e. The third-order valence-corrected chi connectivity index (χ3v) is 3.99. The number of carbonyl (C=O) groups is 2. The molecule has 2 N–H and O–H groups in total. The number of benzene rings is 1. The molecule has 0 unspecified atom stereocenters. The third-order valence-electron chi connectivity index (χ3n) is 3.99. The van der Waals surface area contributed by atoms with Crippen LogP contribution in [0.2, 0.25) is 0 Å². The summed E-state index contributed by atoms with van der Waals surface area (Å²) >= 11 is 0. The Labute approximate surface area is 148 Å². The zero-order valence-corrected chi connectivity index (χ0v) is 14.3. The second-order valence-electron chi connectivity index (χ2n) is 6.12. The Hall–Kier alpha value is -3.48. The lowest BCUT2D eigenvalue weighted by Crippen LogP contribution is -2.25. The molecule has 3 rings (SSSR count). The quantitative estimate of drug-likeness (QED) is 0.754. The summed E-state index contributed by atoms with van der Waals surface area (Å²) in [6, 6.07) is 9.32. The molecular formula is C19H17N3O4. The minimum atomic E-state index is -1.38. The first kappa shape index (κ1) is 17.3. The molecule has 0 spiro atoms. The molecule has 0 atom stereocenters. The van der Waals surface area contributed by atoms with Crippen LogP contribution in [0.1, 0.15) is 35.8 Å². The van der Waals surface area contributed by atoms with E-state index in [0.29, 0.717) is 11.2 Å². The van der Waals surface area contributed by atoms with Crippen LogP contribution in [0.5, 0.6) is 0 Å². The summed E-state index contributed by atoms with van der Waals surface area (Å²) < 4.78 is 1.12. The Morgan fingerprint density at radius 2 is 1.88 bits per heavy atom. The van der Waals surface area contributed by atoms with Gasteiger partial charge in [0.1, 0.15) is 5.56 Å². The van der Waals surface area contributed by atoms with Gasteiger partial charge < -0.3 is 10.4 Å². The molecule has 7 nitrogen and oxygen atoms in total. The number of carboxylic acids is 1. The number of rotatable bonds is 3. The number of amides is 1. The van der Waals surface area contributed by atoms with Gasteiger partial charge in [-0.3, -0.25) is 14.3 Å². The van der Waals surface area contributed by atoms with Crippen LogP contribution < -0.4 is 10.7 Å². The standard InChI is InChI=1S/C19H17N3O4/c1-11(2)15-8-7-12(9-20-15)21-19(26)22-10-14(18(24)25)17(23)13-5-3-4-6-16(13)22/h3-11H,1-2H3,(H,21,26)(H,24,25). The van der Waals surface area contributed by atoms with Crippen molar-refractivity contribution in [2.45, 2.75) is 19.8 Å². The normalized spacial score (nSPS) is 10.9. The third kappa shape index (κ3) is 3.19. The first-order valence-electron chi connectivity index (χ1n) is 8.03. The molecule has 0 bridgehead atoms.